The number of ether oxygens (including phenoxy) is 1. The molecule has 1 amide bonds. The standard InChI is InChI=1S/C31H32FN7O3/c1-31(16-42-17-31)15-38-13-18(12-34-38)9-26-35-28(37-30(33)36-26)22-3-2-4-25(23(22)14-40)39-8-7-20-10-21(19-5-6-19)11-24(32)27(20)29(39)41/h2-4,10-13,19,40H,5-9,14-17H2,1H3,(H2,33,35,36,37). The number of carbonyl (C=O) groups is 1. The molecule has 0 radical (unpaired) electrons. The number of hydrogen-bond acceptors (Lipinski definition) is 8. The maximum Gasteiger partial charge on any atom is 0.261 e. The second kappa shape index (κ2) is 10.2. The molecule has 0 spiro atoms. The number of nitrogens with two attached hydrogens (primary N) is 1. The van der Waals surface area contributed by atoms with Crippen molar-refractivity contribution < 1.29 is 19.0 Å². The molecule has 2 aromatic carbocycles. The first-order valence-corrected chi connectivity index (χ1v) is 14.3. The molecule has 0 unspecified atom stereocenters. The van der Waals surface area contributed by atoms with Gasteiger partial charge in [0.25, 0.3) is 5.91 Å². The van der Waals surface area contributed by atoms with Crippen molar-refractivity contribution in [1.29, 1.82) is 0 Å². The van der Waals surface area contributed by atoms with Crippen LogP contribution in [0.15, 0.2) is 42.7 Å². The summed E-state index contributed by atoms with van der Waals surface area (Å²) in [4.78, 5) is 28.5. The van der Waals surface area contributed by atoms with E-state index in [0.29, 0.717) is 67.0 Å². The Morgan fingerprint density at radius 2 is 2.02 bits per heavy atom. The molecule has 0 bridgehead atoms. The van der Waals surface area contributed by atoms with E-state index in [1.165, 1.54) is 11.0 Å². The molecule has 7 rings (SSSR count). The van der Waals surface area contributed by atoms with Gasteiger partial charge in [-0.25, -0.2) is 9.37 Å². The molecule has 1 saturated heterocycles. The van der Waals surface area contributed by atoms with E-state index in [-0.39, 0.29) is 23.5 Å². The first-order chi connectivity index (χ1) is 20.3. The minimum Gasteiger partial charge on any atom is -0.392 e. The summed E-state index contributed by atoms with van der Waals surface area (Å²) in [6.07, 6.45) is 6.80. The Morgan fingerprint density at radius 3 is 2.76 bits per heavy atom. The van der Waals surface area contributed by atoms with Crippen LogP contribution in [0.1, 0.15) is 64.1 Å². The van der Waals surface area contributed by atoms with Crippen molar-refractivity contribution in [2.75, 3.05) is 30.4 Å². The van der Waals surface area contributed by atoms with Crippen LogP contribution in [0.4, 0.5) is 16.0 Å². The Kier molecular flexibility index (Phi) is 6.51. The summed E-state index contributed by atoms with van der Waals surface area (Å²) in [5.74, 6) is 0.293. The highest BCUT2D eigenvalue weighted by Gasteiger charge is 2.35. The Labute approximate surface area is 242 Å². The number of amides is 1. The van der Waals surface area contributed by atoms with Crippen LogP contribution in [0.3, 0.4) is 0 Å². The number of rotatable bonds is 8. The molecule has 3 N–H and O–H groups in total. The maximum atomic E-state index is 15.2. The van der Waals surface area contributed by atoms with E-state index in [0.717, 1.165) is 36.1 Å². The second-order valence-corrected chi connectivity index (χ2v) is 11.9. The highest BCUT2D eigenvalue weighted by atomic mass is 19.1. The zero-order chi connectivity index (χ0) is 29.0. The molecule has 2 aromatic heterocycles. The minimum atomic E-state index is -0.487. The molecule has 216 valence electrons. The molecule has 1 saturated carbocycles. The van der Waals surface area contributed by atoms with Gasteiger partial charge < -0.3 is 20.5 Å². The predicted octanol–water partition coefficient (Wildman–Crippen LogP) is 3.66. The van der Waals surface area contributed by atoms with Crippen LogP contribution in [0.5, 0.6) is 0 Å². The largest absolute Gasteiger partial charge is 0.392 e. The van der Waals surface area contributed by atoms with Gasteiger partial charge in [0.1, 0.15) is 11.6 Å². The predicted molar refractivity (Wildman–Crippen MR) is 153 cm³/mol. The normalized spacial score (nSPS) is 17.7. The lowest BCUT2D eigenvalue weighted by Gasteiger charge is -2.37. The minimum absolute atomic E-state index is 0.0485. The summed E-state index contributed by atoms with van der Waals surface area (Å²) in [5, 5.41) is 15.0. The number of halogens is 1. The van der Waals surface area contributed by atoms with Crippen LogP contribution in [0.2, 0.25) is 0 Å². The smallest absolute Gasteiger partial charge is 0.261 e. The van der Waals surface area contributed by atoms with Crippen molar-refractivity contribution in [2.45, 2.75) is 51.7 Å². The molecule has 10 nitrogen and oxygen atoms in total. The summed E-state index contributed by atoms with van der Waals surface area (Å²) in [6.45, 7) is 4.36. The molecule has 1 aliphatic carbocycles. The number of fused-ring (bicyclic) bond motifs is 1. The molecule has 4 aromatic rings. The van der Waals surface area contributed by atoms with Crippen molar-refractivity contribution in [3.8, 4) is 11.4 Å². The summed E-state index contributed by atoms with van der Waals surface area (Å²) < 4.78 is 22.5. The average molecular weight is 570 g/mol. The number of nitrogens with zero attached hydrogens (tertiary/aromatic N) is 6. The number of aromatic nitrogens is 5. The van der Waals surface area contributed by atoms with Crippen molar-refractivity contribution in [3.63, 3.8) is 0 Å². The summed E-state index contributed by atoms with van der Waals surface area (Å²) in [6, 6.07) is 8.78. The molecule has 3 aliphatic rings. The Balaban J connectivity index is 1.18. The second-order valence-electron chi connectivity index (χ2n) is 11.9. The van der Waals surface area contributed by atoms with Crippen molar-refractivity contribution in [2.24, 2.45) is 5.41 Å². The Morgan fingerprint density at radius 1 is 1.19 bits per heavy atom. The van der Waals surface area contributed by atoms with Crippen LogP contribution >= 0.6 is 0 Å². The quantitative estimate of drug-likeness (QED) is 0.329. The van der Waals surface area contributed by atoms with Gasteiger partial charge in [0.15, 0.2) is 5.82 Å². The molecule has 2 aliphatic heterocycles. The number of aliphatic hydroxyl groups is 1. The lowest BCUT2D eigenvalue weighted by Crippen LogP contribution is -2.43. The van der Waals surface area contributed by atoms with Crippen molar-refractivity contribution in [3.05, 3.63) is 82.2 Å². The highest BCUT2D eigenvalue weighted by Crippen LogP contribution is 2.42. The van der Waals surface area contributed by atoms with E-state index < -0.39 is 11.7 Å². The molecular weight excluding hydrogens is 537 g/mol. The monoisotopic (exact) mass is 569 g/mol. The molecule has 4 heterocycles. The zero-order valence-corrected chi connectivity index (χ0v) is 23.4. The molecule has 0 atom stereocenters. The average Bonchev–Trinajstić information content (AvgIpc) is 3.72. The number of aliphatic hydroxyl groups excluding tert-OH is 1. The molecule has 42 heavy (non-hydrogen) atoms. The number of nitrogen functional groups attached to an aromatic ring is 1. The lowest BCUT2D eigenvalue weighted by molar-refractivity contribution is -0.111. The lowest BCUT2D eigenvalue weighted by atomic mass is 9.89. The molecular formula is C31H32FN7O3. The van der Waals surface area contributed by atoms with Gasteiger partial charge in [-0.05, 0) is 54.0 Å². The van der Waals surface area contributed by atoms with Gasteiger partial charge in [-0.1, -0.05) is 25.1 Å². The molecule has 11 heteroatoms. The topological polar surface area (TPSA) is 132 Å². The first-order valence-electron chi connectivity index (χ1n) is 14.3. The van der Waals surface area contributed by atoms with E-state index >= 15 is 4.39 Å². The van der Waals surface area contributed by atoms with E-state index in [2.05, 4.69) is 27.0 Å². The summed E-state index contributed by atoms with van der Waals surface area (Å²) >= 11 is 0. The van der Waals surface area contributed by atoms with Crippen LogP contribution in [-0.4, -0.2) is 55.5 Å². The summed E-state index contributed by atoms with van der Waals surface area (Å²) in [7, 11) is 0. The van der Waals surface area contributed by atoms with Gasteiger partial charge >= 0.3 is 0 Å². The van der Waals surface area contributed by atoms with Gasteiger partial charge in [-0.2, -0.15) is 15.1 Å². The van der Waals surface area contributed by atoms with Crippen LogP contribution in [-0.2, 0) is 30.7 Å². The first kappa shape index (κ1) is 26.7. The van der Waals surface area contributed by atoms with Gasteiger partial charge in [-0.15, -0.1) is 0 Å². The van der Waals surface area contributed by atoms with Crippen molar-refractivity contribution >= 4 is 17.5 Å². The van der Waals surface area contributed by atoms with Crippen LogP contribution in [0.25, 0.3) is 11.4 Å². The van der Waals surface area contributed by atoms with E-state index in [4.69, 9.17) is 10.5 Å². The number of hydrogen-bond donors (Lipinski definition) is 2. The zero-order valence-electron chi connectivity index (χ0n) is 23.4. The van der Waals surface area contributed by atoms with Crippen molar-refractivity contribution in [1.82, 2.24) is 24.7 Å². The van der Waals surface area contributed by atoms with Gasteiger partial charge in [0.2, 0.25) is 5.95 Å². The third-order valence-corrected chi connectivity index (χ3v) is 8.34. The van der Waals surface area contributed by atoms with E-state index in [1.54, 1.807) is 24.4 Å². The van der Waals surface area contributed by atoms with Crippen LogP contribution in [0, 0.1) is 11.2 Å². The third-order valence-electron chi connectivity index (χ3n) is 8.34. The Bertz CT molecular complexity index is 1700. The highest BCUT2D eigenvalue weighted by molar-refractivity contribution is 6.09. The van der Waals surface area contributed by atoms with Gasteiger partial charge in [0, 0.05) is 35.7 Å². The molecule has 2 fully saturated rings. The van der Waals surface area contributed by atoms with E-state index in [9.17, 15) is 9.90 Å². The van der Waals surface area contributed by atoms with Gasteiger partial charge in [0.05, 0.1) is 43.8 Å². The fourth-order valence-electron chi connectivity index (χ4n) is 6.01. The SMILES string of the molecule is CC1(Cn2cc(Cc3nc(N)nc(-c4cccc(N5CCc6cc(C7CC7)cc(F)c6C5=O)c4CO)n3)cn2)COC1. The number of carbonyl (C=O) groups excluding carboxylic acids is 1. The summed E-state index contributed by atoms with van der Waals surface area (Å²) in [5.41, 5.74) is 10.4. The van der Waals surface area contributed by atoms with E-state index in [1.807, 2.05) is 16.9 Å². The number of benzene rings is 2. The fourth-order valence-corrected chi connectivity index (χ4v) is 6.01. The van der Waals surface area contributed by atoms with Crippen LogP contribution < -0.4 is 10.6 Å². The number of anilines is 2. The van der Waals surface area contributed by atoms with Gasteiger partial charge in [-0.3, -0.25) is 9.48 Å². The fraction of sp³-hybridized carbons (Fsp3) is 0.387. The maximum absolute atomic E-state index is 15.2. The third kappa shape index (κ3) is 4.92. The Hall–Kier alpha value is -4.22.